The number of nitrogens with zero attached hydrogens (tertiary/aromatic N) is 5. The molecule has 3 heterocycles. The molecule has 4 rings (SSSR count). The summed E-state index contributed by atoms with van der Waals surface area (Å²) < 4.78 is 56.4. The molecule has 0 radical (unpaired) electrons. The Morgan fingerprint density at radius 2 is 1.93 bits per heavy atom. The second-order valence-corrected chi connectivity index (χ2v) is 15.7. The van der Waals surface area contributed by atoms with Crippen LogP contribution in [-0.2, 0) is 17.1 Å². The second kappa shape index (κ2) is 10.6. The van der Waals surface area contributed by atoms with E-state index in [4.69, 9.17) is 8.95 Å². The molecule has 0 aliphatic rings. The standard InChI is InChI=1S/C27H30F3N5O4Si/c1-16(39-40(5,6)26(2,3)4)14-35-24(27(28,29)30)19(13-33-35)23-21(20-10-11-31-15-32-20)22(34-38-23)17-8-7-9-18(12-17)25(36)37/h7-13,15-16H,14H2,1-6H3,(H,36,37). The molecule has 9 nitrogen and oxygen atoms in total. The van der Waals surface area contributed by atoms with Crippen molar-refractivity contribution in [1.82, 2.24) is 24.9 Å². The molecule has 0 bridgehead atoms. The first-order valence-electron chi connectivity index (χ1n) is 12.5. The predicted molar refractivity (Wildman–Crippen MR) is 144 cm³/mol. The van der Waals surface area contributed by atoms with Gasteiger partial charge in [0.2, 0.25) is 0 Å². The molecule has 1 unspecified atom stereocenters. The van der Waals surface area contributed by atoms with Crippen LogP contribution in [0.1, 0.15) is 43.7 Å². The molecule has 4 aromatic rings. The van der Waals surface area contributed by atoms with Gasteiger partial charge in [-0.15, -0.1) is 0 Å². The van der Waals surface area contributed by atoms with Crippen LogP contribution in [0.3, 0.4) is 0 Å². The number of carboxylic acids is 1. The second-order valence-electron chi connectivity index (χ2n) is 11.0. The quantitative estimate of drug-likeness (QED) is 0.229. The first-order valence-corrected chi connectivity index (χ1v) is 15.4. The topological polar surface area (TPSA) is 116 Å². The maximum atomic E-state index is 14.6. The van der Waals surface area contributed by atoms with Crippen LogP contribution in [0.4, 0.5) is 13.2 Å². The van der Waals surface area contributed by atoms with Gasteiger partial charge in [-0.1, -0.05) is 38.1 Å². The van der Waals surface area contributed by atoms with Crippen LogP contribution in [0.25, 0.3) is 33.8 Å². The lowest BCUT2D eigenvalue weighted by atomic mass is 9.98. The monoisotopic (exact) mass is 573 g/mol. The molecule has 3 aromatic heterocycles. The SMILES string of the molecule is CC(Cn1ncc(-c2onc(-c3cccc(C(=O)O)c3)c2-c2ccncn2)c1C(F)(F)F)O[Si](C)(C)C(C)(C)C. The number of aromatic nitrogens is 5. The lowest BCUT2D eigenvalue weighted by Crippen LogP contribution is -2.44. The summed E-state index contributed by atoms with van der Waals surface area (Å²) in [4.78, 5) is 19.6. The summed E-state index contributed by atoms with van der Waals surface area (Å²) in [6.45, 7) is 11.8. The van der Waals surface area contributed by atoms with Gasteiger partial charge in [0.15, 0.2) is 19.8 Å². The fraction of sp³-hybridized carbons (Fsp3) is 0.370. The number of alkyl halides is 3. The number of hydrogen-bond donors (Lipinski definition) is 1. The van der Waals surface area contributed by atoms with Crippen molar-refractivity contribution in [3.8, 4) is 33.8 Å². The van der Waals surface area contributed by atoms with Crippen molar-refractivity contribution in [1.29, 1.82) is 0 Å². The van der Waals surface area contributed by atoms with Gasteiger partial charge in [0.25, 0.3) is 0 Å². The van der Waals surface area contributed by atoms with Crippen molar-refractivity contribution in [3.63, 3.8) is 0 Å². The zero-order chi connectivity index (χ0) is 29.5. The highest BCUT2D eigenvalue weighted by Crippen LogP contribution is 2.44. The third-order valence-corrected chi connectivity index (χ3v) is 11.6. The van der Waals surface area contributed by atoms with Crippen molar-refractivity contribution < 1.29 is 32.0 Å². The highest BCUT2D eigenvalue weighted by molar-refractivity contribution is 6.74. The van der Waals surface area contributed by atoms with E-state index in [1.54, 1.807) is 13.0 Å². The van der Waals surface area contributed by atoms with Crippen LogP contribution < -0.4 is 0 Å². The molecule has 1 atom stereocenters. The Balaban J connectivity index is 1.85. The van der Waals surface area contributed by atoms with Crippen LogP contribution in [0, 0.1) is 0 Å². The summed E-state index contributed by atoms with van der Waals surface area (Å²) in [5, 5.41) is 17.4. The third kappa shape index (κ3) is 5.84. The van der Waals surface area contributed by atoms with Crippen LogP contribution in [0.15, 0.2) is 53.6 Å². The number of carboxylic acid groups (broad SMARTS) is 1. The Hall–Kier alpha value is -3.84. The van der Waals surface area contributed by atoms with Crippen molar-refractivity contribution in [2.45, 2.75) is 64.7 Å². The predicted octanol–water partition coefficient (Wildman–Crippen LogP) is 6.79. The van der Waals surface area contributed by atoms with Crippen LogP contribution in [-0.4, -0.2) is 50.4 Å². The molecule has 0 fully saturated rings. The molecule has 0 saturated heterocycles. The van der Waals surface area contributed by atoms with Crippen LogP contribution in [0.5, 0.6) is 0 Å². The van der Waals surface area contributed by atoms with Crippen LogP contribution in [0.2, 0.25) is 18.1 Å². The third-order valence-electron chi connectivity index (χ3n) is 7.00. The molecule has 40 heavy (non-hydrogen) atoms. The number of hydrogen-bond acceptors (Lipinski definition) is 7. The van der Waals surface area contributed by atoms with Gasteiger partial charge < -0.3 is 14.1 Å². The van der Waals surface area contributed by atoms with E-state index in [1.165, 1.54) is 36.8 Å². The minimum atomic E-state index is -4.79. The van der Waals surface area contributed by atoms with Gasteiger partial charge in [0.1, 0.15) is 12.0 Å². The number of carbonyl (C=O) groups is 1. The summed E-state index contributed by atoms with van der Waals surface area (Å²) in [5.74, 6) is -1.37. The lowest BCUT2D eigenvalue weighted by Gasteiger charge is -2.38. The van der Waals surface area contributed by atoms with Crippen molar-refractivity contribution in [3.05, 3.63) is 60.3 Å². The number of aromatic carboxylic acids is 1. The normalized spacial score (nSPS) is 13.4. The average Bonchev–Trinajstić information content (AvgIpc) is 3.48. The first kappa shape index (κ1) is 29.1. The Morgan fingerprint density at radius 3 is 2.52 bits per heavy atom. The Labute approximate surface area is 230 Å². The maximum absolute atomic E-state index is 14.6. The van der Waals surface area contributed by atoms with E-state index in [0.717, 1.165) is 10.9 Å². The summed E-state index contributed by atoms with van der Waals surface area (Å²) in [6.07, 6.45) is -1.56. The number of halogens is 3. The molecular weight excluding hydrogens is 543 g/mol. The van der Waals surface area contributed by atoms with Gasteiger partial charge in [-0.05, 0) is 43.3 Å². The van der Waals surface area contributed by atoms with E-state index in [1.807, 2.05) is 13.1 Å². The molecule has 0 spiro atoms. The summed E-state index contributed by atoms with van der Waals surface area (Å²) >= 11 is 0. The smallest absolute Gasteiger partial charge is 0.433 e. The van der Waals surface area contributed by atoms with Gasteiger partial charge in [-0.3, -0.25) is 4.68 Å². The average molecular weight is 574 g/mol. The Kier molecular flexibility index (Phi) is 7.74. The lowest BCUT2D eigenvalue weighted by molar-refractivity contribution is -0.144. The molecule has 0 saturated carbocycles. The zero-order valence-electron chi connectivity index (χ0n) is 22.9. The fourth-order valence-electron chi connectivity index (χ4n) is 4.10. The summed E-state index contributed by atoms with van der Waals surface area (Å²) in [7, 11) is -2.25. The molecule has 0 aliphatic carbocycles. The van der Waals surface area contributed by atoms with Crippen molar-refractivity contribution >= 4 is 14.3 Å². The van der Waals surface area contributed by atoms with Crippen molar-refractivity contribution in [2.24, 2.45) is 0 Å². The molecular formula is C27H30F3N5O4Si. The maximum Gasteiger partial charge on any atom is 0.433 e. The molecule has 1 aromatic carbocycles. The van der Waals surface area contributed by atoms with E-state index >= 15 is 0 Å². The molecule has 0 aliphatic heterocycles. The number of rotatable bonds is 8. The molecule has 13 heteroatoms. The molecule has 1 N–H and O–H groups in total. The molecule has 212 valence electrons. The summed E-state index contributed by atoms with van der Waals surface area (Å²) in [5.41, 5.74) is -0.495. The minimum absolute atomic E-state index is 0.0183. The Morgan fingerprint density at radius 1 is 1.20 bits per heavy atom. The highest BCUT2D eigenvalue weighted by Gasteiger charge is 2.42. The van der Waals surface area contributed by atoms with Crippen molar-refractivity contribution in [2.75, 3.05) is 0 Å². The van der Waals surface area contributed by atoms with E-state index in [-0.39, 0.29) is 45.4 Å². The van der Waals surface area contributed by atoms with Gasteiger partial charge in [0, 0.05) is 11.8 Å². The van der Waals surface area contributed by atoms with Gasteiger partial charge >= 0.3 is 12.1 Å². The van der Waals surface area contributed by atoms with E-state index < -0.39 is 32.3 Å². The first-order chi connectivity index (χ1) is 18.6. The highest BCUT2D eigenvalue weighted by atomic mass is 28.4. The van der Waals surface area contributed by atoms with Gasteiger partial charge in [0.05, 0.1) is 41.2 Å². The zero-order valence-corrected chi connectivity index (χ0v) is 23.9. The fourth-order valence-corrected chi connectivity index (χ4v) is 5.53. The molecule has 0 amide bonds. The number of benzene rings is 1. The largest absolute Gasteiger partial charge is 0.478 e. The van der Waals surface area contributed by atoms with E-state index in [2.05, 4.69) is 41.0 Å². The van der Waals surface area contributed by atoms with E-state index in [9.17, 15) is 23.1 Å². The van der Waals surface area contributed by atoms with Gasteiger partial charge in [-0.2, -0.15) is 18.3 Å². The van der Waals surface area contributed by atoms with Gasteiger partial charge in [-0.25, -0.2) is 14.8 Å². The Bertz CT molecular complexity index is 1510. The minimum Gasteiger partial charge on any atom is -0.478 e. The summed E-state index contributed by atoms with van der Waals surface area (Å²) in [6, 6.07) is 7.37. The van der Waals surface area contributed by atoms with Crippen LogP contribution >= 0.6 is 0 Å². The van der Waals surface area contributed by atoms with E-state index in [0.29, 0.717) is 5.56 Å².